The number of carboxylic acid groups (broad SMARTS) is 1. The number of nitrogens with zero attached hydrogens (tertiary/aromatic N) is 1. The summed E-state index contributed by atoms with van der Waals surface area (Å²) in [6.07, 6.45) is 1.16. The van der Waals surface area contributed by atoms with Gasteiger partial charge in [0.05, 0.1) is 12.0 Å². The maximum atomic E-state index is 13.4. The monoisotopic (exact) mass is 391 g/mol. The molecule has 3 rings (SSSR count). The normalized spacial score (nSPS) is 16.1. The highest BCUT2D eigenvalue weighted by Gasteiger charge is 2.43. The van der Waals surface area contributed by atoms with E-state index >= 15 is 0 Å². The number of carbonyl (C=O) groups excluding carboxylic acids is 1. The second-order valence-corrected chi connectivity index (χ2v) is 7.29. The van der Waals surface area contributed by atoms with Gasteiger partial charge in [0, 0.05) is 25.3 Å². The molecular weight excluding hydrogens is 370 g/mol. The summed E-state index contributed by atoms with van der Waals surface area (Å²) in [4.78, 5) is 26.2. The van der Waals surface area contributed by atoms with Crippen molar-refractivity contribution in [3.63, 3.8) is 0 Å². The van der Waals surface area contributed by atoms with Gasteiger partial charge in [0.1, 0.15) is 17.1 Å². The second-order valence-electron chi connectivity index (χ2n) is 6.85. The van der Waals surface area contributed by atoms with E-state index in [-0.39, 0.29) is 18.0 Å². The Morgan fingerprint density at radius 3 is 2.41 bits per heavy atom. The van der Waals surface area contributed by atoms with Crippen molar-refractivity contribution < 1.29 is 23.8 Å². The average molecular weight is 392 g/mol. The van der Waals surface area contributed by atoms with Crippen LogP contribution in [-0.2, 0) is 21.5 Å². The van der Waals surface area contributed by atoms with Gasteiger partial charge in [0.2, 0.25) is 5.91 Å². The molecule has 0 aliphatic carbocycles. The highest BCUT2D eigenvalue weighted by atomic mass is 35.5. The third-order valence-corrected chi connectivity index (χ3v) is 5.34. The summed E-state index contributed by atoms with van der Waals surface area (Å²) in [5.74, 6) is -0.312. The first-order valence-electron chi connectivity index (χ1n) is 8.75. The van der Waals surface area contributed by atoms with Crippen molar-refractivity contribution in [2.75, 3.05) is 20.3 Å². The minimum Gasteiger partial charge on any atom is -0.478 e. The molecule has 0 radical (unpaired) electrons. The van der Waals surface area contributed by atoms with Gasteiger partial charge < -0.3 is 19.2 Å². The lowest BCUT2D eigenvalue weighted by molar-refractivity contribution is -0.140. The van der Waals surface area contributed by atoms with Gasteiger partial charge in [-0.2, -0.15) is 0 Å². The molecular formula is C20H22ClNO5. The number of rotatable bonds is 5. The summed E-state index contributed by atoms with van der Waals surface area (Å²) >= 11 is 6.01. The van der Waals surface area contributed by atoms with Gasteiger partial charge in [-0.3, -0.25) is 4.79 Å². The van der Waals surface area contributed by atoms with E-state index in [9.17, 15) is 14.7 Å². The van der Waals surface area contributed by atoms with Crippen molar-refractivity contribution in [1.82, 2.24) is 4.90 Å². The van der Waals surface area contributed by atoms with Gasteiger partial charge >= 0.3 is 5.97 Å². The van der Waals surface area contributed by atoms with Crippen molar-refractivity contribution in [2.24, 2.45) is 0 Å². The molecule has 0 spiro atoms. The van der Waals surface area contributed by atoms with Crippen LogP contribution in [0.15, 0.2) is 34.7 Å². The smallest absolute Gasteiger partial charge is 0.339 e. The van der Waals surface area contributed by atoms with E-state index in [1.54, 1.807) is 31.0 Å². The molecule has 1 fully saturated rings. The SMILES string of the molecule is Cc1oc(CN(C)C(=O)C2(c3ccc(Cl)cc3)CCOCC2)cc1C(=O)O. The molecule has 2 heterocycles. The Morgan fingerprint density at radius 2 is 1.85 bits per heavy atom. The van der Waals surface area contributed by atoms with Gasteiger partial charge in [0.25, 0.3) is 0 Å². The average Bonchev–Trinajstić information content (AvgIpc) is 3.02. The van der Waals surface area contributed by atoms with Crippen LogP contribution in [-0.4, -0.2) is 42.1 Å². The van der Waals surface area contributed by atoms with E-state index in [0.29, 0.717) is 42.6 Å². The van der Waals surface area contributed by atoms with Crippen molar-refractivity contribution in [1.29, 1.82) is 0 Å². The first-order valence-corrected chi connectivity index (χ1v) is 9.13. The Bertz CT molecular complexity index is 837. The van der Waals surface area contributed by atoms with E-state index < -0.39 is 11.4 Å². The molecule has 7 heteroatoms. The minimum absolute atomic E-state index is 0.0425. The van der Waals surface area contributed by atoms with E-state index in [2.05, 4.69) is 0 Å². The number of benzene rings is 1. The fraction of sp³-hybridized carbons (Fsp3) is 0.400. The second kappa shape index (κ2) is 7.74. The summed E-state index contributed by atoms with van der Waals surface area (Å²) in [7, 11) is 1.70. The number of likely N-dealkylation sites (N-methyl/N-ethyl adjacent to an activating group) is 1. The molecule has 1 aliphatic rings. The molecule has 0 unspecified atom stereocenters. The summed E-state index contributed by atoms with van der Waals surface area (Å²) in [5.41, 5.74) is 0.340. The molecule has 1 aromatic heterocycles. The fourth-order valence-electron chi connectivity index (χ4n) is 3.62. The van der Waals surface area contributed by atoms with Gasteiger partial charge in [-0.05, 0) is 43.5 Å². The molecule has 1 amide bonds. The Kier molecular flexibility index (Phi) is 5.58. The Labute approximate surface area is 162 Å². The number of hydrogen-bond donors (Lipinski definition) is 1. The van der Waals surface area contributed by atoms with Gasteiger partial charge in [-0.1, -0.05) is 23.7 Å². The number of aryl methyl sites for hydroxylation is 1. The summed E-state index contributed by atoms with van der Waals surface area (Å²) in [6.45, 7) is 2.81. The maximum absolute atomic E-state index is 13.4. The highest BCUT2D eigenvalue weighted by molar-refractivity contribution is 6.30. The minimum atomic E-state index is -1.04. The number of furan rings is 1. The van der Waals surface area contributed by atoms with Gasteiger partial charge in [-0.15, -0.1) is 0 Å². The Balaban J connectivity index is 1.86. The molecule has 0 saturated carbocycles. The van der Waals surface area contributed by atoms with Crippen molar-refractivity contribution in [3.8, 4) is 0 Å². The molecule has 1 N–H and O–H groups in total. The number of hydrogen-bond acceptors (Lipinski definition) is 4. The van der Waals surface area contributed by atoms with Crippen LogP contribution in [0.4, 0.5) is 0 Å². The maximum Gasteiger partial charge on any atom is 0.339 e. The van der Waals surface area contributed by atoms with Crippen LogP contribution in [0.3, 0.4) is 0 Å². The van der Waals surface area contributed by atoms with E-state index in [1.807, 2.05) is 12.1 Å². The largest absolute Gasteiger partial charge is 0.478 e. The van der Waals surface area contributed by atoms with Crippen LogP contribution >= 0.6 is 11.6 Å². The van der Waals surface area contributed by atoms with Crippen molar-refractivity contribution in [2.45, 2.75) is 31.7 Å². The molecule has 1 aromatic carbocycles. The molecule has 6 nitrogen and oxygen atoms in total. The van der Waals surface area contributed by atoms with Crippen molar-refractivity contribution >= 4 is 23.5 Å². The third kappa shape index (κ3) is 3.87. The van der Waals surface area contributed by atoms with Gasteiger partial charge in [0.15, 0.2) is 0 Å². The predicted octanol–water partition coefficient (Wildman–Crippen LogP) is 3.65. The zero-order valence-corrected chi connectivity index (χ0v) is 16.1. The Morgan fingerprint density at radius 1 is 1.22 bits per heavy atom. The van der Waals surface area contributed by atoms with Crippen molar-refractivity contribution in [3.05, 3.63) is 58.0 Å². The van der Waals surface area contributed by atoms with Crippen LogP contribution in [0, 0.1) is 6.92 Å². The highest BCUT2D eigenvalue weighted by Crippen LogP contribution is 2.37. The molecule has 2 aromatic rings. The number of carbonyl (C=O) groups is 2. The van der Waals surface area contributed by atoms with E-state index in [4.69, 9.17) is 20.8 Å². The quantitative estimate of drug-likeness (QED) is 0.841. The number of halogens is 1. The number of ether oxygens (including phenoxy) is 1. The molecule has 144 valence electrons. The zero-order valence-electron chi connectivity index (χ0n) is 15.3. The fourth-order valence-corrected chi connectivity index (χ4v) is 3.75. The van der Waals surface area contributed by atoms with Crippen LogP contribution < -0.4 is 0 Å². The summed E-state index contributed by atoms with van der Waals surface area (Å²) in [5, 5.41) is 9.79. The van der Waals surface area contributed by atoms with Crippen LogP contribution in [0.2, 0.25) is 5.02 Å². The van der Waals surface area contributed by atoms with Gasteiger partial charge in [-0.25, -0.2) is 4.79 Å². The lowest BCUT2D eigenvalue weighted by atomic mass is 9.73. The topological polar surface area (TPSA) is 80.0 Å². The zero-order chi connectivity index (χ0) is 19.6. The number of carboxylic acids is 1. The van der Waals surface area contributed by atoms with Crippen LogP contribution in [0.1, 0.15) is 40.3 Å². The molecule has 0 bridgehead atoms. The van der Waals surface area contributed by atoms with Crippen LogP contribution in [0.5, 0.6) is 0 Å². The standard InChI is InChI=1S/C20H22ClNO5/c1-13-17(18(23)24)11-16(27-13)12-22(2)19(25)20(7-9-26-10-8-20)14-3-5-15(21)6-4-14/h3-6,11H,7-10,12H2,1-2H3,(H,23,24). The van der Waals surface area contributed by atoms with E-state index in [0.717, 1.165) is 5.56 Å². The van der Waals surface area contributed by atoms with E-state index in [1.165, 1.54) is 6.07 Å². The molecule has 1 aliphatic heterocycles. The Hall–Kier alpha value is -2.31. The molecule has 1 saturated heterocycles. The number of amides is 1. The third-order valence-electron chi connectivity index (χ3n) is 5.09. The van der Waals surface area contributed by atoms with Crippen LogP contribution in [0.25, 0.3) is 0 Å². The first kappa shape index (κ1) is 19.5. The lowest BCUT2D eigenvalue weighted by Crippen LogP contribution is -2.48. The lowest BCUT2D eigenvalue weighted by Gasteiger charge is -2.39. The predicted molar refractivity (Wildman–Crippen MR) is 100 cm³/mol. The molecule has 27 heavy (non-hydrogen) atoms. The summed E-state index contributed by atoms with van der Waals surface area (Å²) < 4.78 is 11.0. The number of aromatic carboxylic acids is 1. The molecule has 0 atom stereocenters. The first-order chi connectivity index (χ1) is 12.8. The summed E-state index contributed by atoms with van der Waals surface area (Å²) in [6, 6.07) is 8.82.